The monoisotopic (exact) mass is 491 g/mol. The van der Waals surface area contributed by atoms with Crippen molar-refractivity contribution in [3.63, 3.8) is 0 Å². The number of amides is 3. The lowest BCUT2D eigenvalue weighted by atomic mass is 9.98. The van der Waals surface area contributed by atoms with Crippen LogP contribution in [0.3, 0.4) is 0 Å². The van der Waals surface area contributed by atoms with Crippen LogP contribution in [0, 0.1) is 6.92 Å². The molecular weight excluding hydrogens is 458 g/mol. The molecule has 0 spiro atoms. The van der Waals surface area contributed by atoms with E-state index >= 15 is 0 Å². The first kappa shape index (κ1) is 24.4. The predicted octanol–water partition coefficient (Wildman–Crippen LogP) is 2.63. The van der Waals surface area contributed by atoms with Gasteiger partial charge in [-0.25, -0.2) is 9.97 Å². The first-order chi connectivity index (χ1) is 17.5. The van der Waals surface area contributed by atoms with E-state index in [4.69, 9.17) is 4.74 Å². The molecule has 4 aliphatic rings. The highest BCUT2D eigenvalue weighted by molar-refractivity contribution is 6.05. The maximum atomic E-state index is 12.6. The van der Waals surface area contributed by atoms with Crippen LogP contribution in [0.5, 0.6) is 5.75 Å². The summed E-state index contributed by atoms with van der Waals surface area (Å²) in [6.45, 7) is 4.45. The molecule has 190 valence electrons. The van der Waals surface area contributed by atoms with Crippen molar-refractivity contribution < 1.29 is 19.1 Å². The number of carbonyl (C=O) groups is 3. The van der Waals surface area contributed by atoms with Crippen LogP contribution < -0.4 is 15.4 Å². The van der Waals surface area contributed by atoms with E-state index in [0.717, 1.165) is 48.8 Å². The van der Waals surface area contributed by atoms with Gasteiger partial charge in [-0.1, -0.05) is 6.42 Å². The Bertz CT molecular complexity index is 1140. The first-order valence-corrected chi connectivity index (χ1v) is 12.9. The molecule has 9 heteroatoms. The van der Waals surface area contributed by atoms with Crippen LogP contribution in [0.1, 0.15) is 78.3 Å². The molecule has 0 radical (unpaired) electrons. The van der Waals surface area contributed by atoms with Crippen molar-refractivity contribution in [1.29, 1.82) is 0 Å². The van der Waals surface area contributed by atoms with E-state index in [2.05, 4.69) is 20.6 Å². The number of carbonyl (C=O) groups excluding carboxylic acids is 3. The standard InChI is InChI=1S/C19H22N2O4.C8H11N3/c22-17-9-8-16(18(23)20-17)21-11-12-10-14(6-7-15(12)19(21)24)25-13-4-2-1-3-5-13;1-6-2-3-10-8(11-6)7-4-9-5-7/h6-7,10,13,16H,1-5,8-9,11H2,(H,20,22,23);2-3,7,9H,4-5H2,1H3. The van der Waals surface area contributed by atoms with E-state index in [1.54, 1.807) is 11.0 Å². The molecule has 1 saturated carbocycles. The van der Waals surface area contributed by atoms with E-state index in [1.807, 2.05) is 31.3 Å². The van der Waals surface area contributed by atoms with E-state index in [0.29, 0.717) is 24.4 Å². The fourth-order valence-corrected chi connectivity index (χ4v) is 5.14. The summed E-state index contributed by atoms with van der Waals surface area (Å²) in [6, 6.07) is 6.92. The molecule has 1 unspecified atom stereocenters. The molecule has 3 aliphatic heterocycles. The van der Waals surface area contributed by atoms with Crippen molar-refractivity contribution >= 4 is 17.7 Å². The van der Waals surface area contributed by atoms with Gasteiger partial charge >= 0.3 is 0 Å². The highest BCUT2D eigenvalue weighted by Gasteiger charge is 2.39. The molecule has 36 heavy (non-hydrogen) atoms. The third kappa shape index (κ3) is 5.41. The number of benzene rings is 1. The molecule has 2 aromatic rings. The van der Waals surface area contributed by atoms with E-state index in [1.165, 1.54) is 19.3 Å². The summed E-state index contributed by atoms with van der Waals surface area (Å²) in [4.78, 5) is 46.1. The molecule has 9 nitrogen and oxygen atoms in total. The molecule has 1 atom stereocenters. The molecule has 4 heterocycles. The van der Waals surface area contributed by atoms with E-state index < -0.39 is 6.04 Å². The van der Waals surface area contributed by atoms with Gasteiger partial charge in [-0.2, -0.15) is 0 Å². The van der Waals surface area contributed by atoms with Crippen molar-refractivity contribution in [2.45, 2.75) is 76.5 Å². The Morgan fingerprint density at radius 2 is 1.83 bits per heavy atom. The van der Waals surface area contributed by atoms with Crippen molar-refractivity contribution in [3.05, 3.63) is 53.1 Å². The Balaban J connectivity index is 0.000000202. The highest BCUT2D eigenvalue weighted by Crippen LogP contribution is 2.31. The topological polar surface area (TPSA) is 114 Å². The normalized spacial score (nSPS) is 22.3. The van der Waals surface area contributed by atoms with Gasteiger partial charge in [-0.05, 0) is 68.9 Å². The fourth-order valence-electron chi connectivity index (χ4n) is 5.14. The minimum Gasteiger partial charge on any atom is -0.490 e. The maximum Gasteiger partial charge on any atom is 0.255 e. The van der Waals surface area contributed by atoms with Gasteiger partial charge in [0, 0.05) is 49.4 Å². The Labute approximate surface area is 211 Å². The van der Waals surface area contributed by atoms with Crippen LogP contribution in [-0.4, -0.2) is 57.8 Å². The van der Waals surface area contributed by atoms with Gasteiger partial charge in [0.2, 0.25) is 11.8 Å². The van der Waals surface area contributed by atoms with E-state index in [9.17, 15) is 14.4 Å². The number of hydrogen-bond acceptors (Lipinski definition) is 7. The summed E-state index contributed by atoms with van der Waals surface area (Å²) in [6.07, 6.45) is 8.60. The molecule has 6 rings (SSSR count). The Morgan fingerprint density at radius 1 is 1.03 bits per heavy atom. The van der Waals surface area contributed by atoms with Crippen LogP contribution >= 0.6 is 0 Å². The second-order valence-electron chi connectivity index (χ2n) is 10.0. The quantitative estimate of drug-likeness (QED) is 0.632. The Morgan fingerprint density at radius 3 is 2.53 bits per heavy atom. The Hall–Kier alpha value is -3.33. The van der Waals surface area contributed by atoms with Crippen LogP contribution in [0.4, 0.5) is 0 Å². The van der Waals surface area contributed by atoms with Gasteiger partial charge in [0.25, 0.3) is 5.91 Å². The summed E-state index contributed by atoms with van der Waals surface area (Å²) in [7, 11) is 0. The second-order valence-corrected chi connectivity index (χ2v) is 10.0. The fraction of sp³-hybridized carbons (Fsp3) is 0.519. The van der Waals surface area contributed by atoms with Gasteiger partial charge in [0.15, 0.2) is 0 Å². The molecule has 2 N–H and O–H groups in total. The number of ether oxygens (including phenoxy) is 1. The number of piperidine rings is 1. The molecule has 1 aromatic carbocycles. The lowest BCUT2D eigenvalue weighted by Gasteiger charge is -2.29. The molecule has 1 aliphatic carbocycles. The van der Waals surface area contributed by atoms with E-state index in [-0.39, 0.29) is 30.2 Å². The van der Waals surface area contributed by atoms with Crippen molar-refractivity contribution in [3.8, 4) is 5.75 Å². The lowest BCUT2D eigenvalue weighted by molar-refractivity contribution is -0.136. The third-order valence-electron chi connectivity index (χ3n) is 7.31. The van der Waals surface area contributed by atoms with Crippen LogP contribution in [0.15, 0.2) is 30.5 Å². The number of hydrogen-bond donors (Lipinski definition) is 2. The number of nitrogens with one attached hydrogen (secondary N) is 2. The zero-order valence-corrected chi connectivity index (χ0v) is 20.7. The molecule has 2 saturated heterocycles. The van der Waals surface area contributed by atoms with Gasteiger partial charge in [0.05, 0.1) is 6.10 Å². The summed E-state index contributed by atoms with van der Waals surface area (Å²) >= 11 is 0. The summed E-state index contributed by atoms with van der Waals surface area (Å²) in [5.41, 5.74) is 2.57. The number of nitrogens with zero attached hydrogens (tertiary/aromatic N) is 3. The SMILES string of the molecule is Cc1ccnc(C2CNC2)n1.O=C1CCC(N2Cc3cc(OC4CCCCC4)ccc3C2=O)C(=O)N1. The van der Waals surface area contributed by atoms with Crippen molar-refractivity contribution in [2.75, 3.05) is 13.1 Å². The molecule has 3 fully saturated rings. The molecule has 0 bridgehead atoms. The summed E-state index contributed by atoms with van der Waals surface area (Å²) in [5, 5.41) is 5.52. The summed E-state index contributed by atoms with van der Waals surface area (Å²) in [5.74, 6) is 1.54. The predicted molar refractivity (Wildman–Crippen MR) is 132 cm³/mol. The number of imide groups is 1. The first-order valence-electron chi connectivity index (χ1n) is 12.9. The minimum atomic E-state index is -0.569. The molecule has 1 aromatic heterocycles. The second kappa shape index (κ2) is 10.7. The number of fused-ring (bicyclic) bond motifs is 1. The average Bonchev–Trinajstić information content (AvgIpc) is 3.15. The number of aryl methyl sites for hydroxylation is 1. The zero-order valence-electron chi connectivity index (χ0n) is 20.7. The van der Waals surface area contributed by atoms with Gasteiger partial charge in [-0.15, -0.1) is 0 Å². The van der Waals surface area contributed by atoms with Gasteiger partial charge < -0.3 is 15.0 Å². The van der Waals surface area contributed by atoms with Crippen LogP contribution in [0.25, 0.3) is 0 Å². The number of aromatic nitrogens is 2. The third-order valence-corrected chi connectivity index (χ3v) is 7.31. The minimum absolute atomic E-state index is 0.145. The van der Waals surface area contributed by atoms with Crippen LogP contribution in [0.2, 0.25) is 0 Å². The largest absolute Gasteiger partial charge is 0.490 e. The lowest BCUT2D eigenvalue weighted by Crippen LogP contribution is -2.52. The average molecular weight is 492 g/mol. The number of rotatable bonds is 4. The van der Waals surface area contributed by atoms with Crippen molar-refractivity contribution in [1.82, 2.24) is 25.5 Å². The van der Waals surface area contributed by atoms with Crippen LogP contribution in [-0.2, 0) is 16.1 Å². The zero-order chi connectivity index (χ0) is 25.1. The highest BCUT2D eigenvalue weighted by atomic mass is 16.5. The molecular formula is C27H33N5O4. The van der Waals surface area contributed by atoms with Gasteiger partial charge in [0.1, 0.15) is 17.6 Å². The summed E-state index contributed by atoms with van der Waals surface area (Å²) < 4.78 is 6.08. The Kier molecular flexibility index (Phi) is 7.27. The van der Waals surface area contributed by atoms with Gasteiger partial charge in [-0.3, -0.25) is 19.7 Å². The maximum absolute atomic E-state index is 12.6. The van der Waals surface area contributed by atoms with Crippen molar-refractivity contribution in [2.24, 2.45) is 0 Å². The smallest absolute Gasteiger partial charge is 0.255 e. The molecule has 3 amide bonds.